The van der Waals surface area contributed by atoms with E-state index >= 15 is 0 Å². The molecule has 1 aliphatic heterocycles. The molecule has 1 saturated heterocycles. The number of nitrogens with two attached hydrogens (primary N) is 1. The average molecular weight is 243 g/mol. The quantitative estimate of drug-likeness (QED) is 0.658. The van der Waals surface area contributed by atoms with Gasteiger partial charge in [-0.25, -0.2) is 0 Å². The predicted molar refractivity (Wildman–Crippen MR) is 67.7 cm³/mol. The Morgan fingerprint density at radius 3 is 3.00 bits per heavy atom. The van der Waals surface area contributed by atoms with Crippen molar-refractivity contribution in [3.63, 3.8) is 0 Å². The fourth-order valence-corrected chi connectivity index (χ4v) is 2.27. The maximum Gasteiger partial charge on any atom is 0.217 e. The minimum atomic E-state index is 0.0611. The van der Waals surface area contributed by atoms with E-state index in [1.54, 1.807) is 6.92 Å². The Balaban J connectivity index is 2.18. The Morgan fingerprint density at radius 1 is 1.65 bits per heavy atom. The Bertz CT molecular complexity index is 236. The third kappa shape index (κ3) is 5.48. The topological polar surface area (TPSA) is 67.6 Å². The van der Waals surface area contributed by atoms with Gasteiger partial charge >= 0.3 is 0 Å². The van der Waals surface area contributed by atoms with Crippen LogP contribution in [0.1, 0.15) is 26.7 Å². The first-order chi connectivity index (χ1) is 8.15. The highest BCUT2D eigenvalue weighted by Crippen LogP contribution is 2.10. The van der Waals surface area contributed by atoms with Gasteiger partial charge in [-0.1, -0.05) is 0 Å². The summed E-state index contributed by atoms with van der Waals surface area (Å²) < 4.78 is 5.52. The van der Waals surface area contributed by atoms with Crippen molar-refractivity contribution in [1.29, 1.82) is 0 Å². The van der Waals surface area contributed by atoms with E-state index in [0.717, 1.165) is 39.1 Å². The SMILES string of the molecule is CCOC(CN)CCN1CCC(NC(C)=O)C1. The molecule has 1 amide bonds. The molecule has 17 heavy (non-hydrogen) atoms. The monoisotopic (exact) mass is 243 g/mol. The second kappa shape index (κ2) is 7.63. The van der Waals surface area contributed by atoms with Crippen LogP contribution >= 0.6 is 0 Å². The normalized spacial score (nSPS) is 22.6. The van der Waals surface area contributed by atoms with E-state index in [2.05, 4.69) is 10.2 Å². The molecule has 0 aliphatic carbocycles. The van der Waals surface area contributed by atoms with Gasteiger partial charge in [-0.3, -0.25) is 4.79 Å². The molecule has 1 rings (SSSR count). The molecular weight excluding hydrogens is 218 g/mol. The minimum Gasteiger partial charge on any atom is -0.377 e. The molecule has 3 N–H and O–H groups in total. The number of hydrogen-bond acceptors (Lipinski definition) is 4. The summed E-state index contributed by atoms with van der Waals surface area (Å²) >= 11 is 0. The van der Waals surface area contributed by atoms with Crippen LogP contribution in [-0.4, -0.2) is 55.7 Å². The van der Waals surface area contributed by atoms with Crippen molar-refractivity contribution < 1.29 is 9.53 Å². The molecule has 0 saturated carbocycles. The molecule has 0 aromatic heterocycles. The molecule has 0 bridgehead atoms. The van der Waals surface area contributed by atoms with Crippen molar-refractivity contribution in [2.45, 2.75) is 38.8 Å². The van der Waals surface area contributed by atoms with E-state index in [9.17, 15) is 4.79 Å². The predicted octanol–water partition coefficient (Wildman–Crippen LogP) is -0.0493. The lowest BCUT2D eigenvalue weighted by molar-refractivity contribution is -0.119. The number of carbonyl (C=O) groups excluding carboxylic acids is 1. The number of rotatable bonds is 7. The number of ether oxygens (including phenoxy) is 1. The zero-order valence-electron chi connectivity index (χ0n) is 10.9. The van der Waals surface area contributed by atoms with Crippen molar-refractivity contribution in [2.24, 2.45) is 5.73 Å². The van der Waals surface area contributed by atoms with E-state index in [1.165, 1.54) is 0 Å². The van der Waals surface area contributed by atoms with Crippen LogP contribution in [0.2, 0.25) is 0 Å². The Labute approximate surface area is 104 Å². The maximum atomic E-state index is 10.9. The van der Waals surface area contributed by atoms with Crippen LogP contribution in [0.5, 0.6) is 0 Å². The summed E-state index contributed by atoms with van der Waals surface area (Å²) in [5.41, 5.74) is 5.64. The number of nitrogens with one attached hydrogen (secondary N) is 1. The molecule has 1 heterocycles. The summed E-state index contributed by atoms with van der Waals surface area (Å²) in [6.07, 6.45) is 2.18. The highest BCUT2D eigenvalue weighted by atomic mass is 16.5. The zero-order chi connectivity index (χ0) is 12.7. The van der Waals surface area contributed by atoms with Gasteiger partial charge in [0.05, 0.1) is 6.10 Å². The van der Waals surface area contributed by atoms with E-state index in [0.29, 0.717) is 12.6 Å². The van der Waals surface area contributed by atoms with Crippen LogP contribution in [0.15, 0.2) is 0 Å². The summed E-state index contributed by atoms with van der Waals surface area (Å²) in [5, 5.41) is 2.96. The summed E-state index contributed by atoms with van der Waals surface area (Å²) in [4.78, 5) is 13.3. The van der Waals surface area contributed by atoms with Gasteiger partial charge in [-0.2, -0.15) is 0 Å². The molecule has 0 aromatic rings. The largest absolute Gasteiger partial charge is 0.377 e. The first kappa shape index (κ1) is 14.4. The van der Waals surface area contributed by atoms with Crippen molar-refractivity contribution in [3.8, 4) is 0 Å². The fraction of sp³-hybridized carbons (Fsp3) is 0.917. The van der Waals surface area contributed by atoms with Crippen LogP contribution in [-0.2, 0) is 9.53 Å². The number of carbonyl (C=O) groups is 1. The Kier molecular flexibility index (Phi) is 6.47. The number of likely N-dealkylation sites (tertiary alicyclic amines) is 1. The molecule has 1 fully saturated rings. The second-order valence-electron chi connectivity index (χ2n) is 4.59. The van der Waals surface area contributed by atoms with Crippen LogP contribution in [0, 0.1) is 0 Å². The first-order valence-corrected chi connectivity index (χ1v) is 6.46. The molecule has 0 radical (unpaired) electrons. The molecule has 2 unspecified atom stereocenters. The van der Waals surface area contributed by atoms with Crippen molar-refractivity contribution in [3.05, 3.63) is 0 Å². The number of amides is 1. The summed E-state index contributed by atoms with van der Waals surface area (Å²) in [6, 6.07) is 0.316. The molecule has 5 nitrogen and oxygen atoms in total. The van der Waals surface area contributed by atoms with Crippen molar-refractivity contribution in [1.82, 2.24) is 10.2 Å². The van der Waals surface area contributed by atoms with Gasteiger partial charge in [0.1, 0.15) is 0 Å². The lowest BCUT2D eigenvalue weighted by Crippen LogP contribution is -2.36. The van der Waals surface area contributed by atoms with Gasteiger partial charge < -0.3 is 20.7 Å². The van der Waals surface area contributed by atoms with Crippen LogP contribution in [0.4, 0.5) is 0 Å². The van der Waals surface area contributed by atoms with Gasteiger partial charge in [0.2, 0.25) is 5.91 Å². The maximum absolute atomic E-state index is 10.9. The van der Waals surface area contributed by atoms with E-state index in [4.69, 9.17) is 10.5 Å². The third-order valence-electron chi connectivity index (χ3n) is 3.11. The van der Waals surface area contributed by atoms with Gasteiger partial charge in [-0.05, 0) is 19.8 Å². The van der Waals surface area contributed by atoms with Gasteiger partial charge in [-0.15, -0.1) is 0 Å². The van der Waals surface area contributed by atoms with Crippen molar-refractivity contribution in [2.75, 3.05) is 32.8 Å². The van der Waals surface area contributed by atoms with Crippen LogP contribution in [0.3, 0.4) is 0 Å². The van der Waals surface area contributed by atoms with Crippen molar-refractivity contribution >= 4 is 5.91 Å². The lowest BCUT2D eigenvalue weighted by atomic mass is 10.2. The number of nitrogens with zero attached hydrogens (tertiary/aromatic N) is 1. The first-order valence-electron chi connectivity index (χ1n) is 6.46. The van der Waals surface area contributed by atoms with Gasteiger partial charge in [0.25, 0.3) is 0 Å². The van der Waals surface area contributed by atoms with E-state index in [1.807, 2.05) is 6.92 Å². The summed E-state index contributed by atoms with van der Waals surface area (Å²) in [7, 11) is 0. The molecule has 0 aromatic carbocycles. The van der Waals surface area contributed by atoms with E-state index < -0.39 is 0 Å². The lowest BCUT2D eigenvalue weighted by Gasteiger charge is -2.20. The van der Waals surface area contributed by atoms with Gasteiger partial charge in [0.15, 0.2) is 0 Å². The van der Waals surface area contributed by atoms with E-state index in [-0.39, 0.29) is 12.0 Å². The smallest absolute Gasteiger partial charge is 0.217 e. The highest BCUT2D eigenvalue weighted by molar-refractivity contribution is 5.73. The second-order valence-corrected chi connectivity index (χ2v) is 4.59. The Morgan fingerprint density at radius 2 is 2.41 bits per heavy atom. The molecular formula is C12H25N3O2. The van der Waals surface area contributed by atoms with Crippen LogP contribution < -0.4 is 11.1 Å². The molecule has 2 atom stereocenters. The summed E-state index contributed by atoms with van der Waals surface area (Å²) in [5.74, 6) is 0.0611. The molecule has 0 spiro atoms. The highest BCUT2D eigenvalue weighted by Gasteiger charge is 2.23. The Hall–Kier alpha value is -0.650. The van der Waals surface area contributed by atoms with Crippen LogP contribution in [0.25, 0.3) is 0 Å². The third-order valence-corrected chi connectivity index (χ3v) is 3.11. The molecule has 100 valence electrons. The standard InChI is InChI=1S/C12H25N3O2/c1-3-17-12(8-13)5-7-15-6-4-11(9-15)14-10(2)16/h11-12H,3-9,13H2,1-2H3,(H,14,16). The van der Waals surface area contributed by atoms with Gasteiger partial charge in [0, 0.05) is 45.8 Å². The molecule has 1 aliphatic rings. The fourth-order valence-electron chi connectivity index (χ4n) is 2.27. The summed E-state index contributed by atoms with van der Waals surface area (Å²) in [6.45, 7) is 7.86. The number of hydrogen-bond donors (Lipinski definition) is 2. The zero-order valence-corrected chi connectivity index (χ0v) is 10.9. The molecule has 5 heteroatoms. The minimum absolute atomic E-state index is 0.0611. The average Bonchev–Trinajstić information content (AvgIpc) is 2.71.